The zero-order chi connectivity index (χ0) is 17.4. The molecular weight excluding hydrogens is 318 g/mol. The summed E-state index contributed by atoms with van der Waals surface area (Å²) < 4.78 is 0. The molecule has 1 N–H and O–H groups in total. The third-order valence-electron chi connectivity index (χ3n) is 4.51. The summed E-state index contributed by atoms with van der Waals surface area (Å²) in [7, 11) is 0. The molecule has 1 aromatic rings. The fourth-order valence-corrected chi connectivity index (χ4v) is 2.86. The van der Waals surface area contributed by atoms with Crippen LogP contribution in [0.2, 0.25) is 0 Å². The molecule has 130 valence electrons. The van der Waals surface area contributed by atoms with E-state index in [-0.39, 0.29) is 18.2 Å². The molecule has 5 rings (SSSR count). The van der Waals surface area contributed by atoms with E-state index in [2.05, 4.69) is 0 Å². The third-order valence-corrected chi connectivity index (χ3v) is 4.51. The zero-order valence-electron chi connectivity index (χ0n) is 14.0. The number of rotatable bonds is 4. The fraction of sp³-hybridized carbons (Fsp3) is 0.368. The summed E-state index contributed by atoms with van der Waals surface area (Å²) in [5.41, 5.74) is 2.85. The highest BCUT2D eigenvalue weighted by molar-refractivity contribution is 6.22. The number of carbonyl (C=O) groups excluding carboxylic acids is 2. The highest BCUT2D eigenvalue weighted by atomic mass is 16.3. The molecule has 3 fully saturated rings. The zero-order valence-corrected chi connectivity index (χ0v) is 14.0. The van der Waals surface area contributed by atoms with Crippen molar-refractivity contribution in [3.05, 3.63) is 59.1 Å². The molecule has 0 radical (unpaired) electrons. The summed E-state index contributed by atoms with van der Waals surface area (Å²) in [6.07, 6.45) is 1.52. The number of benzene rings is 1. The summed E-state index contributed by atoms with van der Waals surface area (Å²) >= 11 is 0. The average Bonchev–Trinajstić information content (AvgIpc) is 3.50. The molecule has 0 amide bonds. The van der Waals surface area contributed by atoms with Crippen molar-refractivity contribution >= 4 is 11.6 Å². The second-order valence-corrected chi connectivity index (χ2v) is 6.53. The van der Waals surface area contributed by atoms with Crippen molar-refractivity contribution in [1.29, 1.82) is 0 Å². The van der Waals surface area contributed by atoms with Gasteiger partial charge in [-0.15, -0.1) is 0 Å². The Morgan fingerprint density at radius 2 is 1.36 bits per heavy atom. The molecular formula is C19H21N3O3. The predicted octanol–water partition coefficient (Wildman–Crippen LogP) is 0.359. The van der Waals surface area contributed by atoms with Gasteiger partial charge in [0.25, 0.3) is 0 Å². The number of hydrogen-bond donors (Lipinski definition) is 1. The first-order chi connectivity index (χ1) is 12.2. The van der Waals surface area contributed by atoms with Crippen LogP contribution in [0.5, 0.6) is 0 Å². The van der Waals surface area contributed by atoms with Gasteiger partial charge in [0.05, 0.1) is 12.3 Å². The number of aliphatic hydroxyl groups excluding tert-OH is 1. The molecule has 3 aliphatic heterocycles. The molecule has 3 saturated heterocycles. The molecule has 0 unspecified atom stereocenters. The van der Waals surface area contributed by atoms with Crippen LogP contribution in [0, 0.1) is 0 Å². The lowest BCUT2D eigenvalue weighted by molar-refractivity contribution is -0.117. The average molecular weight is 339 g/mol. The van der Waals surface area contributed by atoms with Gasteiger partial charge >= 0.3 is 0 Å². The largest absolute Gasteiger partial charge is 0.392 e. The molecule has 1 aromatic carbocycles. The first kappa shape index (κ1) is 15.9. The van der Waals surface area contributed by atoms with Gasteiger partial charge in [0.15, 0.2) is 0 Å². The maximum absolute atomic E-state index is 12.4. The fourth-order valence-electron chi connectivity index (χ4n) is 2.86. The smallest absolute Gasteiger partial charge is 0.227 e. The molecule has 3 heterocycles. The maximum atomic E-state index is 12.4. The summed E-state index contributed by atoms with van der Waals surface area (Å²) in [4.78, 5) is 30.5. The maximum Gasteiger partial charge on any atom is 0.227 e. The second-order valence-electron chi connectivity index (χ2n) is 6.53. The molecule has 0 saturated carbocycles. The Hall–Kier alpha value is -2.60. The monoisotopic (exact) mass is 339 g/mol. The number of aliphatic hydroxyl groups is 1. The SMILES string of the molecule is O=C1C=C(N2CC2)C(=O)C(N2CC2)=C1N1CC1.OCc1ccccc1. The quantitative estimate of drug-likeness (QED) is 0.631. The van der Waals surface area contributed by atoms with E-state index in [4.69, 9.17) is 5.11 Å². The van der Waals surface area contributed by atoms with Gasteiger partial charge in [-0.3, -0.25) is 9.59 Å². The highest BCUT2D eigenvalue weighted by Gasteiger charge is 2.43. The summed E-state index contributed by atoms with van der Waals surface area (Å²) in [6, 6.07) is 9.52. The summed E-state index contributed by atoms with van der Waals surface area (Å²) in [5, 5.41) is 8.54. The number of ketones is 2. The van der Waals surface area contributed by atoms with E-state index >= 15 is 0 Å². The third kappa shape index (κ3) is 3.44. The summed E-state index contributed by atoms with van der Waals surface area (Å²) in [5.74, 6) is 0.0485. The van der Waals surface area contributed by atoms with Gasteiger partial charge in [0, 0.05) is 45.3 Å². The molecule has 6 nitrogen and oxygen atoms in total. The van der Waals surface area contributed by atoms with Crippen LogP contribution in [-0.4, -0.2) is 70.6 Å². The number of hydrogen-bond acceptors (Lipinski definition) is 6. The first-order valence-electron chi connectivity index (χ1n) is 8.63. The van der Waals surface area contributed by atoms with Gasteiger partial charge in [-0.05, 0) is 5.56 Å². The number of nitrogens with zero attached hydrogens (tertiary/aromatic N) is 3. The van der Waals surface area contributed by atoms with Gasteiger partial charge < -0.3 is 19.8 Å². The molecule has 0 spiro atoms. The van der Waals surface area contributed by atoms with Crippen molar-refractivity contribution in [2.45, 2.75) is 6.61 Å². The van der Waals surface area contributed by atoms with Crippen LogP contribution in [0.15, 0.2) is 53.5 Å². The number of allylic oxidation sites excluding steroid dienone is 1. The van der Waals surface area contributed by atoms with Gasteiger partial charge in [-0.25, -0.2) is 0 Å². The van der Waals surface area contributed by atoms with Crippen LogP contribution in [-0.2, 0) is 16.2 Å². The Bertz CT molecular complexity index is 757. The van der Waals surface area contributed by atoms with Crippen molar-refractivity contribution in [2.24, 2.45) is 0 Å². The lowest BCUT2D eigenvalue weighted by atomic mass is 10.0. The standard InChI is InChI=1S/C12H13N3O2.C7H8O/c16-9-7-8(13-1-2-13)12(17)11(15-5-6-15)10(9)14-3-4-14;8-6-7-4-2-1-3-5-7/h7H,1-6H2;1-5,8H,6H2. The Morgan fingerprint density at radius 1 is 0.800 bits per heavy atom. The van der Waals surface area contributed by atoms with E-state index in [1.807, 2.05) is 45.0 Å². The van der Waals surface area contributed by atoms with E-state index in [1.54, 1.807) is 0 Å². The Balaban J connectivity index is 0.000000166. The minimum absolute atomic E-state index is 0.00546. The van der Waals surface area contributed by atoms with E-state index in [1.165, 1.54) is 6.08 Å². The minimum atomic E-state index is 0.00546. The Labute approximate surface area is 146 Å². The van der Waals surface area contributed by atoms with Gasteiger partial charge in [-0.1, -0.05) is 30.3 Å². The predicted molar refractivity (Wildman–Crippen MR) is 92.2 cm³/mol. The van der Waals surface area contributed by atoms with Crippen LogP contribution in [0.25, 0.3) is 0 Å². The van der Waals surface area contributed by atoms with Crippen molar-refractivity contribution in [1.82, 2.24) is 14.7 Å². The lowest BCUT2D eigenvalue weighted by Gasteiger charge is -2.21. The Kier molecular flexibility index (Phi) is 4.05. The first-order valence-corrected chi connectivity index (χ1v) is 8.63. The van der Waals surface area contributed by atoms with E-state index in [9.17, 15) is 9.59 Å². The lowest BCUT2D eigenvalue weighted by Crippen LogP contribution is -2.29. The highest BCUT2D eigenvalue weighted by Crippen LogP contribution is 2.33. The van der Waals surface area contributed by atoms with Crippen molar-refractivity contribution in [3.8, 4) is 0 Å². The Morgan fingerprint density at radius 3 is 1.84 bits per heavy atom. The van der Waals surface area contributed by atoms with Crippen molar-refractivity contribution < 1.29 is 14.7 Å². The normalized spacial score (nSPS) is 21.0. The van der Waals surface area contributed by atoms with Gasteiger partial charge in [-0.2, -0.15) is 0 Å². The molecule has 1 aliphatic carbocycles. The molecule has 0 aromatic heterocycles. The minimum Gasteiger partial charge on any atom is -0.392 e. The molecule has 25 heavy (non-hydrogen) atoms. The summed E-state index contributed by atoms with van der Waals surface area (Å²) in [6.45, 7) is 5.55. The van der Waals surface area contributed by atoms with E-state index in [0.717, 1.165) is 44.8 Å². The van der Waals surface area contributed by atoms with Crippen molar-refractivity contribution in [3.63, 3.8) is 0 Å². The van der Waals surface area contributed by atoms with E-state index in [0.29, 0.717) is 17.1 Å². The van der Waals surface area contributed by atoms with Crippen LogP contribution in [0.4, 0.5) is 0 Å². The van der Waals surface area contributed by atoms with Crippen LogP contribution in [0.3, 0.4) is 0 Å². The molecule has 0 bridgehead atoms. The molecule has 0 atom stereocenters. The van der Waals surface area contributed by atoms with Gasteiger partial charge in [0.1, 0.15) is 11.4 Å². The van der Waals surface area contributed by atoms with Crippen molar-refractivity contribution in [2.75, 3.05) is 39.3 Å². The number of Topliss-reactive ketones (excluding diaryl/α,β-unsaturated/α-hetero) is 1. The second kappa shape index (κ2) is 6.37. The van der Waals surface area contributed by atoms with Gasteiger partial charge in [0.2, 0.25) is 11.6 Å². The van der Waals surface area contributed by atoms with Crippen LogP contribution < -0.4 is 0 Å². The molecule has 4 aliphatic rings. The molecule has 6 heteroatoms. The van der Waals surface area contributed by atoms with E-state index < -0.39 is 0 Å². The topological polar surface area (TPSA) is 63.4 Å². The van der Waals surface area contributed by atoms with Crippen LogP contribution >= 0.6 is 0 Å². The van der Waals surface area contributed by atoms with Crippen LogP contribution in [0.1, 0.15) is 5.56 Å². The number of carbonyl (C=O) groups is 2.